The van der Waals surface area contributed by atoms with Crippen LogP contribution in [0.3, 0.4) is 0 Å². The number of rotatable bonds is 6. The Hall–Kier alpha value is -4.70. The molecule has 6 heterocycles. The van der Waals surface area contributed by atoms with Crippen molar-refractivity contribution in [3.8, 4) is 22.5 Å². The predicted molar refractivity (Wildman–Crippen MR) is 211 cm³/mol. The topological polar surface area (TPSA) is 157 Å². The van der Waals surface area contributed by atoms with Crippen molar-refractivity contribution in [2.24, 2.45) is 5.41 Å². The second kappa shape index (κ2) is 16.4. The van der Waals surface area contributed by atoms with Crippen molar-refractivity contribution in [3.05, 3.63) is 58.2 Å². The number of pyridine rings is 1. The molecule has 0 saturated carbocycles. The van der Waals surface area contributed by atoms with Crippen LogP contribution in [0.4, 0.5) is 0 Å². The Kier molecular flexibility index (Phi) is 11.6. The molecule has 15 heteroatoms. The summed E-state index contributed by atoms with van der Waals surface area (Å²) in [6, 6.07) is 8.65. The van der Waals surface area contributed by atoms with E-state index in [4.69, 9.17) is 24.2 Å². The van der Waals surface area contributed by atoms with Gasteiger partial charge in [0.05, 0.1) is 48.0 Å². The largest absolute Gasteiger partial charge is 0.464 e. The van der Waals surface area contributed by atoms with Crippen molar-refractivity contribution in [1.29, 1.82) is 0 Å². The van der Waals surface area contributed by atoms with Gasteiger partial charge >= 0.3 is 5.97 Å². The normalized spacial score (nSPS) is 22.4. The quantitative estimate of drug-likeness (QED) is 0.268. The maximum Gasteiger partial charge on any atom is 0.324 e. The number of hydrogen-bond donors (Lipinski definition) is 2. The summed E-state index contributed by atoms with van der Waals surface area (Å²) < 4.78 is 19.9. The van der Waals surface area contributed by atoms with E-state index >= 15 is 0 Å². The predicted octanol–water partition coefficient (Wildman–Crippen LogP) is 4.45. The maximum absolute atomic E-state index is 14.2. The average molecular weight is 786 g/mol. The second-order valence-electron chi connectivity index (χ2n) is 15.6. The molecule has 3 aliphatic rings. The van der Waals surface area contributed by atoms with E-state index in [1.54, 1.807) is 18.2 Å². The van der Waals surface area contributed by atoms with Crippen molar-refractivity contribution in [2.45, 2.75) is 91.1 Å². The summed E-state index contributed by atoms with van der Waals surface area (Å²) in [7, 11) is 1.69. The number of hydrazine groups is 1. The monoisotopic (exact) mass is 785 g/mol. The van der Waals surface area contributed by atoms with E-state index in [0.29, 0.717) is 43.9 Å². The molecule has 3 aliphatic heterocycles. The standard InChI is InChI=1S/C41H51N7O7S/c1-7-47-33-13-12-26-18-28(33)29(37(47)27-10-8-14-42-36(27)24(2)53-6)20-41(4,5)23-55-40(52)30-11-9-15-48(45-30)39(51)31(19-35-43-32(26)22-56-35)44-38(50)34-21-46(25(3)49)16-17-54-34/h8,10,12-14,18,22,24,30-31,34,45H,7,9,11,15-17,19-21,23H2,1-6H3,(H,44,50)/t24-,30-,31-,34-/m0/s1. The number of aryl methyl sites for hydroxylation is 1. The highest BCUT2D eigenvalue weighted by atomic mass is 32.1. The van der Waals surface area contributed by atoms with Crippen LogP contribution in [0.1, 0.15) is 69.8 Å². The van der Waals surface area contributed by atoms with Crippen LogP contribution in [0.5, 0.6) is 0 Å². The van der Waals surface area contributed by atoms with Crippen molar-refractivity contribution < 1.29 is 33.4 Å². The van der Waals surface area contributed by atoms with E-state index in [0.717, 1.165) is 44.7 Å². The fourth-order valence-corrected chi connectivity index (χ4v) is 8.77. The third-order valence-corrected chi connectivity index (χ3v) is 11.8. The van der Waals surface area contributed by atoms with Crippen molar-refractivity contribution in [1.82, 2.24) is 35.2 Å². The summed E-state index contributed by atoms with van der Waals surface area (Å²) in [4.78, 5) is 65.0. The van der Waals surface area contributed by atoms with Crippen LogP contribution >= 0.6 is 11.3 Å². The van der Waals surface area contributed by atoms with Gasteiger partial charge in [-0.3, -0.25) is 29.2 Å². The molecule has 56 heavy (non-hydrogen) atoms. The smallest absolute Gasteiger partial charge is 0.324 e. The zero-order chi connectivity index (χ0) is 39.7. The number of carbonyl (C=O) groups is 4. The Labute approximate surface area is 330 Å². The number of esters is 1. The molecule has 0 spiro atoms. The molecule has 4 aromatic rings. The zero-order valence-electron chi connectivity index (χ0n) is 32.9. The van der Waals surface area contributed by atoms with E-state index < -0.39 is 41.4 Å². The molecule has 2 saturated heterocycles. The molecule has 0 radical (unpaired) electrons. The molecule has 6 bridgehead atoms. The third-order valence-electron chi connectivity index (χ3n) is 11.0. The summed E-state index contributed by atoms with van der Waals surface area (Å²) in [5.74, 6) is -1.48. The van der Waals surface area contributed by atoms with Gasteiger partial charge in [-0.2, -0.15) is 0 Å². The Bertz CT molecular complexity index is 2130. The number of nitrogens with zero attached hydrogens (tertiary/aromatic N) is 5. The number of hydrogen-bond acceptors (Lipinski definition) is 11. The molecule has 3 amide bonds. The van der Waals surface area contributed by atoms with Crippen LogP contribution in [0, 0.1) is 5.41 Å². The van der Waals surface area contributed by atoms with E-state index in [-0.39, 0.29) is 38.2 Å². The van der Waals surface area contributed by atoms with Crippen molar-refractivity contribution in [3.63, 3.8) is 0 Å². The number of methoxy groups -OCH3 is 1. The zero-order valence-corrected chi connectivity index (χ0v) is 33.7. The molecule has 0 aliphatic carbocycles. The molecule has 2 N–H and O–H groups in total. The lowest BCUT2D eigenvalue weighted by atomic mass is 9.84. The van der Waals surface area contributed by atoms with E-state index in [1.165, 1.54) is 23.3 Å². The minimum atomic E-state index is -1.02. The Morgan fingerprint density at radius 2 is 2.02 bits per heavy atom. The first-order valence-corrected chi connectivity index (χ1v) is 20.2. The first kappa shape index (κ1) is 39.5. The maximum atomic E-state index is 14.2. The SMILES string of the molecule is CCn1c(-c2cccnc2[C@H](C)OC)c2c3cc(ccc31)-c1csc(n1)C[C@H](NC(=O)[C@@H]1CN(C(C)=O)CCO1)C(=O)N1CCC[C@H](N1)C(=O)OCC(C)(C)C2. The van der Waals surface area contributed by atoms with Gasteiger partial charge < -0.3 is 29.0 Å². The Morgan fingerprint density at radius 1 is 1.20 bits per heavy atom. The number of amides is 3. The second-order valence-corrected chi connectivity index (χ2v) is 16.5. The molecule has 3 aromatic heterocycles. The van der Waals surface area contributed by atoms with Crippen LogP contribution in [0.2, 0.25) is 0 Å². The average Bonchev–Trinajstić information content (AvgIpc) is 3.80. The highest BCUT2D eigenvalue weighted by Crippen LogP contribution is 2.42. The van der Waals surface area contributed by atoms with Gasteiger partial charge in [0, 0.05) is 79.1 Å². The number of nitrogens with one attached hydrogen (secondary N) is 2. The van der Waals surface area contributed by atoms with Gasteiger partial charge in [0.2, 0.25) is 5.91 Å². The number of aromatic nitrogens is 3. The molecule has 2 fully saturated rings. The lowest BCUT2D eigenvalue weighted by molar-refractivity contribution is -0.156. The lowest BCUT2D eigenvalue weighted by Gasteiger charge is -2.36. The summed E-state index contributed by atoms with van der Waals surface area (Å²) in [5, 5.41) is 8.02. The summed E-state index contributed by atoms with van der Waals surface area (Å²) in [5.41, 5.74) is 9.35. The minimum Gasteiger partial charge on any atom is -0.464 e. The van der Waals surface area contributed by atoms with Gasteiger partial charge in [-0.15, -0.1) is 11.3 Å². The number of ether oxygens (including phenoxy) is 3. The minimum absolute atomic E-state index is 0.0924. The molecular weight excluding hydrogens is 735 g/mol. The molecule has 0 unspecified atom stereocenters. The van der Waals surface area contributed by atoms with Crippen molar-refractivity contribution >= 4 is 45.9 Å². The first-order chi connectivity index (χ1) is 26.9. The molecule has 1 aromatic carbocycles. The Balaban J connectivity index is 1.31. The van der Waals surface area contributed by atoms with Crippen LogP contribution in [0.15, 0.2) is 41.9 Å². The Morgan fingerprint density at radius 3 is 2.79 bits per heavy atom. The molecule has 4 atom stereocenters. The van der Waals surface area contributed by atoms with Gasteiger partial charge in [-0.25, -0.2) is 10.4 Å². The third kappa shape index (κ3) is 8.08. The van der Waals surface area contributed by atoms with Gasteiger partial charge in [0.1, 0.15) is 12.1 Å². The molecular formula is C41H51N7O7S. The lowest BCUT2D eigenvalue weighted by Crippen LogP contribution is -2.61. The van der Waals surface area contributed by atoms with E-state index in [2.05, 4.69) is 60.3 Å². The molecule has 7 rings (SSSR count). The van der Waals surface area contributed by atoms with Gasteiger partial charge in [-0.05, 0) is 62.9 Å². The first-order valence-electron chi connectivity index (χ1n) is 19.4. The van der Waals surface area contributed by atoms with Crippen molar-refractivity contribution in [2.75, 3.05) is 40.0 Å². The van der Waals surface area contributed by atoms with Gasteiger partial charge in [-0.1, -0.05) is 19.9 Å². The van der Waals surface area contributed by atoms with Crippen LogP contribution in [-0.2, 0) is 52.8 Å². The number of thiazole rings is 1. The van der Waals surface area contributed by atoms with Gasteiger partial charge in [0.15, 0.2) is 6.10 Å². The van der Waals surface area contributed by atoms with Crippen LogP contribution in [-0.4, -0.2) is 106 Å². The number of morpholine rings is 1. The molecule has 298 valence electrons. The highest BCUT2D eigenvalue weighted by molar-refractivity contribution is 7.10. The number of fused-ring (bicyclic) bond motifs is 6. The summed E-state index contributed by atoms with van der Waals surface area (Å²) in [6.45, 7) is 11.7. The van der Waals surface area contributed by atoms with Gasteiger partial charge in [0.25, 0.3) is 11.8 Å². The number of benzene rings is 1. The summed E-state index contributed by atoms with van der Waals surface area (Å²) >= 11 is 1.42. The number of cyclic esters (lactones) is 1. The van der Waals surface area contributed by atoms with E-state index in [9.17, 15) is 19.2 Å². The van der Waals surface area contributed by atoms with Crippen LogP contribution in [0.25, 0.3) is 33.4 Å². The van der Waals surface area contributed by atoms with E-state index in [1.807, 2.05) is 18.4 Å². The van der Waals surface area contributed by atoms with Crippen LogP contribution < -0.4 is 10.7 Å². The summed E-state index contributed by atoms with van der Waals surface area (Å²) in [6.07, 6.45) is 2.39. The fourth-order valence-electron chi connectivity index (χ4n) is 7.92. The highest BCUT2D eigenvalue weighted by Gasteiger charge is 2.37. The number of carbonyl (C=O) groups excluding carboxylic acids is 4. The fraction of sp³-hybridized carbons (Fsp3) is 0.512. The molecule has 14 nitrogen and oxygen atoms in total.